The molecule has 0 spiro atoms. The van der Waals surface area contributed by atoms with E-state index in [-0.39, 0.29) is 16.6 Å². The molecule has 7 nitrogen and oxygen atoms in total. The zero-order valence-corrected chi connectivity index (χ0v) is 12.0. The highest BCUT2D eigenvalue weighted by molar-refractivity contribution is 7.98. The topological polar surface area (TPSA) is 99.9 Å². The highest BCUT2D eigenvalue weighted by Crippen LogP contribution is 2.31. The number of aromatic nitrogens is 3. The van der Waals surface area contributed by atoms with Gasteiger partial charge in [-0.2, -0.15) is 13.2 Å². The molecule has 118 valence electrons. The van der Waals surface area contributed by atoms with E-state index in [2.05, 4.69) is 10.2 Å². The van der Waals surface area contributed by atoms with Crippen LogP contribution in [0.3, 0.4) is 0 Å². The summed E-state index contributed by atoms with van der Waals surface area (Å²) >= 11 is 0.913. The third-order valence-electron chi connectivity index (χ3n) is 2.89. The van der Waals surface area contributed by atoms with Crippen molar-refractivity contribution >= 4 is 17.4 Å². The van der Waals surface area contributed by atoms with Gasteiger partial charge in [0.15, 0.2) is 0 Å². The first-order chi connectivity index (χ1) is 10.2. The third-order valence-corrected chi connectivity index (χ3v) is 3.88. The Morgan fingerprint density at radius 2 is 2.09 bits per heavy atom. The van der Waals surface area contributed by atoms with Crippen molar-refractivity contribution in [3.8, 4) is 0 Å². The van der Waals surface area contributed by atoms with Gasteiger partial charge in [-0.05, 0) is 12.5 Å². The summed E-state index contributed by atoms with van der Waals surface area (Å²) < 4.78 is 38.0. The van der Waals surface area contributed by atoms with Gasteiger partial charge in [0.1, 0.15) is 0 Å². The molecule has 11 heteroatoms. The van der Waals surface area contributed by atoms with Gasteiger partial charge in [-0.3, -0.25) is 10.1 Å². The molecule has 2 N–H and O–H groups in total. The van der Waals surface area contributed by atoms with E-state index in [1.807, 2.05) is 0 Å². The van der Waals surface area contributed by atoms with E-state index in [4.69, 9.17) is 5.84 Å². The van der Waals surface area contributed by atoms with Crippen molar-refractivity contribution in [2.45, 2.75) is 24.0 Å². The van der Waals surface area contributed by atoms with Gasteiger partial charge in [0.25, 0.3) is 11.5 Å². The second-order valence-corrected chi connectivity index (χ2v) is 5.22. The second kappa shape index (κ2) is 5.83. The minimum atomic E-state index is -4.69. The van der Waals surface area contributed by atoms with E-state index in [9.17, 15) is 23.3 Å². The van der Waals surface area contributed by atoms with Gasteiger partial charge < -0.3 is 5.84 Å². The average Bonchev–Trinajstić information content (AvgIpc) is 2.78. The fourth-order valence-electron chi connectivity index (χ4n) is 1.74. The number of nitro benzene ring substituents is 1. The predicted octanol–water partition coefficient (Wildman–Crippen LogP) is 2.52. The highest BCUT2D eigenvalue weighted by Gasteiger charge is 2.38. The molecule has 22 heavy (non-hydrogen) atoms. The Balaban J connectivity index is 2.20. The van der Waals surface area contributed by atoms with Crippen LogP contribution in [0, 0.1) is 17.0 Å². The number of hydrogen-bond acceptors (Lipinski definition) is 6. The van der Waals surface area contributed by atoms with Gasteiger partial charge in [-0.1, -0.05) is 23.9 Å². The lowest BCUT2D eigenvalue weighted by Gasteiger charge is -2.07. The fourth-order valence-corrected chi connectivity index (χ4v) is 2.66. The largest absolute Gasteiger partial charge is 0.453 e. The predicted molar refractivity (Wildman–Crippen MR) is 72.6 cm³/mol. The fraction of sp³-hybridized carbons (Fsp3) is 0.273. The van der Waals surface area contributed by atoms with Gasteiger partial charge in [-0.25, -0.2) is 4.68 Å². The molecule has 1 aromatic heterocycles. The normalized spacial score (nSPS) is 11.6. The first-order valence-corrected chi connectivity index (χ1v) is 6.83. The SMILES string of the molecule is Cc1c(CSc2nnc(C(F)(F)F)n2N)cccc1[N+](=O)[O-]. The first kappa shape index (κ1) is 16.1. The van der Waals surface area contributed by atoms with Crippen molar-refractivity contribution in [3.63, 3.8) is 0 Å². The maximum absolute atomic E-state index is 12.5. The number of hydrogen-bond donors (Lipinski definition) is 1. The number of nitrogen functional groups attached to an aromatic ring is 1. The number of benzene rings is 1. The summed E-state index contributed by atoms with van der Waals surface area (Å²) in [4.78, 5) is 10.3. The monoisotopic (exact) mass is 333 g/mol. The quantitative estimate of drug-likeness (QED) is 0.399. The summed E-state index contributed by atoms with van der Waals surface area (Å²) in [6, 6.07) is 4.52. The van der Waals surface area contributed by atoms with Crippen molar-refractivity contribution in [2.75, 3.05) is 5.84 Å². The Kier molecular flexibility index (Phi) is 4.26. The Morgan fingerprint density at radius 1 is 1.41 bits per heavy atom. The molecule has 0 unspecified atom stereocenters. The number of nitro groups is 1. The molecule has 0 atom stereocenters. The van der Waals surface area contributed by atoms with Gasteiger partial charge >= 0.3 is 6.18 Å². The zero-order valence-electron chi connectivity index (χ0n) is 11.2. The molecule has 0 saturated heterocycles. The molecule has 0 saturated carbocycles. The number of nitrogens with zero attached hydrogens (tertiary/aromatic N) is 4. The van der Waals surface area contributed by atoms with E-state index in [1.165, 1.54) is 12.1 Å². The maximum atomic E-state index is 12.5. The van der Waals surface area contributed by atoms with Crippen LogP contribution in [0.15, 0.2) is 23.4 Å². The lowest BCUT2D eigenvalue weighted by Crippen LogP contribution is -2.21. The maximum Gasteiger partial charge on any atom is 0.453 e. The lowest BCUT2D eigenvalue weighted by atomic mass is 10.1. The molecule has 0 amide bonds. The van der Waals surface area contributed by atoms with Crippen molar-refractivity contribution in [3.05, 3.63) is 45.3 Å². The standard InChI is InChI=1S/C11H10F3N5O2S/c1-6-7(3-2-4-8(6)19(20)21)5-22-10-17-16-9(18(10)15)11(12,13)14/h2-4H,5,15H2,1H3. The summed E-state index contributed by atoms with van der Waals surface area (Å²) in [6.07, 6.45) is -4.69. The van der Waals surface area contributed by atoms with Crippen LogP contribution in [0.1, 0.15) is 17.0 Å². The molecule has 1 aromatic carbocycles. The second-order valence-electron chi connectivity index (χ2n) is 4.28. The summed E-state index contributed by atoms with van der Waals surface area (Å²) in [5.41, 5.74) is 0.998. The minimum Gasteiger partial charge on any atom is -0.335 e. The summed E-state index contributed by atoms with van der Waals surface area (Å²) in [5.74, 6) is 4.19. The molecule has 1 heterocycles. The molecular formula is C11H10F3N5O2S. The lowest BCUT2D eigenvalue weighted by molar-refractivity contribution is -0.385. The number of thioether (sulfide) groups is 1. The van der Waals surface area contributed by atoms with Crippen molar-refractivity contribution in [2.24, 2.45) is 0 Å². The third kappa shape index (κ3) is 3.13. The van der Waals surface area contributed by atoms with Gasteiger partial charge in [0.05, 0.1) is 4.92 Å². The van der Waals surface area contributed by atoms with Crippen LogP contribution in [0.2, 0.25) is 0 Å². The van der Waals surface area contributed by atoms with Crippen LogP contribution in [-0.4, -0.2) is 19.8 Å². The van der Waals surface area contributed by atoms with E-state index >= 15 is 0 Å². The van der Waals surface area contributed by atoms with Crippen molar-refractivity contribution < 1.29 is 18.1 Å². The van der Waals surface area contributed by atoms with E-state index in [0.717, 1.165) is 11.8 Å². The average molecular weight is 333 g/mol. The Bertz CT molecular complexity index is 716. The van der Waals surface area contributed by atoms with Crippen LogP contribution >= 0.6 is 11.8 Å². The number of halogens is 3. The molecule has 0 radical (unpaired) electrons. The van der Waals surface area contributed by atoms with Crippen LogP contribution < -0.4 is 5.84 Å². The summed E-state index contributed by atoms with van der Waals surface area (Å²) in [5, 5.41) is 17.1. The van der Waals surface area contributed by atoms with E-state index in [0.29, 0.717) is 15.8 Å². The Hall–Kier alpha value is -2.30. The van der Waals surface area contributed by atoms with E-state index < -0.39 is 16.9 Å². The minimum absolute atomic E-state index is 0.0525. The molecule has 0 fully saturated rings. The number of rotatable bonds is 4. The van der Waals surface area contributed by atoms with Crippen LogP contribution in [0.25, 0.3) is 0 Å². The molecule has 0 bridgehead atoms. The Morgan fingerprint density at radius 3 is 2.64 bits per heavy atom. The molecule has 0 aliphatic rings. The van der Waals surface area contributed by atoms with E-state index in [1.54, 1.807) is 13.0 Å². The first-order valence-electron chi connectivity index (χ1n) is 5.85. The number of nitrogens with two attached hydrogens (primary N) is 1. The molecule has 2 aromatic rings. The molecule has 0 aliphatic heterocycles. The number of alkyl halides is 3. The van der Waals surface area contributed by atoms with Gasteiger partial charge in [0, 0.05) is 17.4 Å². The zero-order chi connectivity index (χ0) is 16.5. The van der Waals surface area contributed by atoms with Gasteiger partial charge in [0.2, 0.25) is 5.16 Å². The molecule has 0 aliphatic carbocycles. The van der Waals surface area contributed by atoms with Crippen molar-refractivity contribution in [1.29, 1.82) is 0 Å². The smallest absolute Gasteiger partial charge is 0.335 e. The molecular weight excluding hydrogens is 323 g/mol. The van der Waals surface area contributed by atoms with Crippen LogP contribution in [-0.2, 0) is 11.9 Å². The summed E-state index contributed by atoms with van der Waals surface area (Å²) in [7, 11) is 0. The van der Waals surface area contributed by atoms with Crippen LogP contribution in [0.4, 0.5) is 18.9 Å². The summed E-state index contributed by atoms with van der Waals surface area (Å²) in [6.45, 7) is 1.57. The highest BCUT2D eigenvalue weighted by atomic mass is 32.2. The van der Waals surface area contributed by atoms with Crippen LogP contribution in [0.5, 0.6) is 0 Å². The molecule has 2 rings (SSSR count). The van der Waals surface area contributed by atoms with Gasteiger partial charge in [-0.15, -0.1) is 10.2 Å². The Labute approximate surface area is 126 Å². The van der Waals surface area contributed by atoms with Crippen molar-refractivity contribution in [1.82, 2.24) is 14.9 Å².